The number of hydrogen-bond donors (Lipinski definition) is 3. The van der Waals surface area contributed by atoms with Gasteiger partial charge in [0.2, 0.25) is 5.91 Å². The third kappa shape index (κ3) is 4.62. The molecule has 3 atom stereocenters. The number of amides is 1. The Balaban J connectivity index is 2.82. The Morgan fingerprint density at radius 3 is 2.45 bits per heavy atom. The van der Waals surface area contributed by atoms with Crippen LogP contribution in [0.3, 0.4) is 0 Å². The summed E-state index contributed by atoms with van der Waals surface area (Å²) in [4.78, 5) is 12.4. The second-order valence-corrected chi connectivity index (χ2v) is 5.65. The molecule has 1 aromatic rings. The van der Waals surface area contributed by atoms with E-state index < -0.39 is 5.60 Å². The summed E-state index contributed by atoms with van der Waals surface area (Å²) in [5, 5.41) is 21.5. The van der Waals surface area contributed by atoms with Crippen molar-refractivity contribution in [1.29, 1.82) is 0 Å². The fourth-order valence-electron chi connectivity index (χ4n) is 2.08. The summed E-state index contributed by atoms with van der Waals surface area (Å²) in [7, 11) is 0. The molecule has 1 amide bonds. The highest BCUT2D eigenvalue weighted by molar-refractivity contribution is 5.84. The zero-order chi connectivity index (χ0) is 15.2. The van der Waals surface area contributed by atoms with Crippen molar-refractivity contribution in [2.24, 2.45) is 5.92 Å². The number of aliphatic hydroxyl groups is 2. The van der Waals surface area contributed by atoms with E-state index in [-0.39, 0.29) is 30.9 Å². The minimum absolute atomic E-state index is 0.0438. The maximum absolute atomic E-state index is 12.4. The number of carbonyl (C=O) groups excluding carboxylic acids is 1. The normalized spacial score (nSPS) is 17.1. The molecule has 0 saturated carbocycles. The van der Waals surface area contributed by atoms with Gasteiger partial charge in [0.1, 0.15) is 5.60 Å². The molecule has 3 N–H and O–H groups in total. The van der Waals surface area contributed by atoms with Crippen LogP contribution in [0.2, 0.25) is 0 Å². The number of carbonyl (C=O) groups is 1. The van der Waals surface area contributed by atoms with Crippen LogP contribution in [0.15, 0.2) is 30.3 Å². The molecule has 0 fully saturated rings. The average molecular weight is 279 g/mol. The summed E-state index contributed by atoms with van der Waals surface area (Å²) < 4.78 is 0. The lowest BCUT2D eigenvalue weighted by molar-refractivity contribution is -0.125. The number of aliphatic hydroxyl groups excluding tert-OH is 1. The third-order valence-electron chi connectivity index (χ3n) is 3.64. The Labute approximate surface area is 120 Å². The lowest BCUT2D eigenvalue weighted by atomic mass is 9.85. The van der Waals surface area contributed by atoms with Crippen molar-refractivity contribution in [2.75, 3.05) is 13.2 Å². The first-order chi connectivity index (χ1) is 9.41. The first kappa shape index (κ1) is 16.7. The smallest absolute Gasteiger partial charge is 0.227 e. The van der Waals surface area contributed by atoms with Crippen molar-refractivity contribution < 1.29 is 15.0 Å². The summed E-state index contributed by atoms with van der Waals surface area (Å²) in [6.07, 6.45) is 0.892. The van der Waals surface area contributed by atoms with Gasteiger partial charge in [-0.25, -0.2) is 0 Å². The third-order valence-corrected chi connectivity index (χ3v) is 3.64. The maximum atomic E-state index is 12.4. The van der Waals surface area contributed by atoms with Crippen molar-refractivity contribution in [3.05, 3.63) is 35.9 Å². The van der Waals surface area contributed by atoms with Crippen LogP contribution >= 0.6 is 0 Å². The summed E-state index contributed by atoms with van der Waals surface area (Å²) in [5.41, 5.74) is -0.310. The van der Waals surface area contributed by atoms with E-state index in [0.29, 0.717) is 0 Å². The van der Waals surface area contributed by atoms with Gasteiger partial charge in [0.15, 0.2) is 0 Å². The van der Waals surface area contributed by atoms with Crippen molar-refractivity contribution in [3.8, 4) is 0 Å². The topological polar surface area (TPSA) is 69.6 Å². The highest BCUT2D eigenvalue weighted by Crippen LogP contribution is 2.27. The molecule has 0 bridgehead atoms. The largest absolute Gasteiger partial charge is 0.393 e. The van der Waals surface area contributed by atoms with Crippen LogP contribution < -0.4 is 5.32 Å². The van der Waals surface area contributed by atoms with Gasteiger partial charge in [-0.1, -0.05) is 50.6 Å². The van der Waals surface area contributed by atoms with Crippen LogP contribution in [-0.2, 0) is 4.79 Å². The second kappa shape index (κ2) is 7.41. The average Bonchev–Trinajstić information content (AvgIpc) is 2.46. The molecule has 0 aliphatic heterocycles. The van der Waals surface area contributed by atoms with Gasteiger partial charge in [-0.15, -0.1) is 0 Å². The molecule has 0 aromatic heterocycles. The van der Waals surface area contributed by atoms with Crippen LogP contribution in [0.1, 0.15) is 38.7 Å². The zero-order valence-electron chi connectivity index (χ0n) is 12.5. The maximum Gasteiger partial charge on any atom is 0.227 e. The molecule has 3 unspecified atom stereocenters. The molecule has 4 nitrogen and oxygen atoms in total. The van der Waals surface area contributed by atoms with Crippen LogP contribution in [0, 0.1) is 5.92 Å². The van der Waals surface area contributed by atoms with E-state index in [1.54, 1.807) is 0 Å². The highest BCUT2D eigenvalue weighted by atomic mass is 16.3. The Hall–Kier alpha value is -1.39. The molecule has 0 aliphatic rings. The van der Waals surface area contributed by atoms with Crippen LogP contribution in [0.4, 0.5) is 0 Å². The molecule has 0 radical (unpaired) electrons. The molecule has 20 heavy (non-hydrogen) atoms. The lowest BCUT2D eigenvalue weighted by Crippen LogP contribution is -2.45. The number of hydrogen-bond acceptors (Lipinski definition) is 3. The Morgan fingerprint density at radius 2 is 1.95 bits per heavy atom. The summed E-state index contributed by atoms with van der Waals surface area (Å²) in [6, 6.07) is 9.65. The first-order valence-corrected chi connectivity index (χ1v) is 7.07. The van der Waals surface area contributed by atoms with E-state index in [1.807, 2.05) is 37.3 Å². The van der Waals surface area contributed by atoms with Crippen molar-refractivity contribution >= 4 is 5.91 Å². The number of benzene rings is 1. The van der Waals surface area contributed by atoms with E-state index in [4.69, 9.17) is 5.11 Å². The molecular weight excluding hydrogens is 254 g/mol. The SMILES string of the molecule is CCC(C)C(C(=O)NCC(C)(O)CO)c1ccccc1. The van der Waals surface area contributed by atoms with Crippen molar-refractivity contribution in [3.63, 3.8) is 0 Å². The van der Waals surface area contributed by atoms with E-state index in [2.05, 4.69) is 12.2 Å². The molecule has 0 heterocycles. The molecule has 4 heteroatoms. The molecule has 1 rings (SSSR count). The predicted octanol–water partition coefficient (Wildman–Crippen LogP) is 1.68. The van der Waals surface area contributed by atoms with Crippen molar-refractivity contribution in [2.45, 2.75) is 38.7 Å². The Kier molecular flexibility index (Phi) is 6.17. The van der Waals surface area contributed by atoms with Crippen LogP contribution in [0.25, 0.3) is 0 Å². The quantitative estimate of drug-likeness (QED) is 0.711. The van der Waals surface area contributed by atoms with Gasteiger partial charge in [-0.2, -0.15) is 0 Å². The van der Waals surface area contributed by atoms with Gasteiger partial charge in [-0.05, 0) is 18.4 Å². The van der Waals surface area contributed by atoms with E-state index in [0.717, 1.165) is 12.0 Å². The van der Waals surface area contributed by atoms with Gasteiger partial charge in [0.05, 0.1) is 12.5 Å². The zero-order valence-corrected chi connectivity index (χ0v) is 12.5. The minimum Gasteiger partial charge on any atom is -0.393 e. The van der Waals surface area contributed by atoms with E-state index in [1.165, 1.54) is 6.92 Å². The molecular formula is C16H25NO3. The highest BCUT2D eigenvalue weighted by Gasteiger charge is 2.28. The molecule has 0 spiro atoms. The number of nitrogens with one attached hydrogen (secondary N) is 1. The number of rotatable bonds is 7. The molecule has 1 aromatic carbocycles. The van der Waals surface area contributed by atoms with Crippen LogP contribution in [0.5, 0.6) is 0 Å². The first-order valence-electron chi connectivity index (χ1n) is 7.07. The fraction of sp³-hybridized carbons (Fsp3) is 0.562. The molecule has 112 valence electrons. The molecule has 0 saturated heterocycles. The van der Waals surface area contributed by atoms with Gasteiger partial charge in [-0.3, -0.25) is 4.79 Å². The predicted molar refractivity (Wildman–Crippen MR) is 79.4 cm³/mol. The molecule has 0 aliphatic carbocycles. The Bertz CT molecular complexity index is 417. The van der Waals surface area contributed by atoms with E-state index in [9.17, 15) is 9.90 Å². The minimum atomic E-state index is -1.29. The fourth-order valence-corrected chi connectivity index (χ4v) is 2.08. The summed E-state index contributed by atoms with van der Waals surface area (Å²) in [5.74, 6) is -0.147. The van der Waals surface area contributed by atoms with Gasteiger partial charge in [0, 0.05) is 6.54 Å². The van der Waals surface area contributed by atoms with Gasteiger partial charge < -0.3 is 15.5 Å². The van der Waals surface area contributed by atoms with Crippen molar-refractivity contribution in [1.82, 2.24) is 5.32 Å². The second-order valence-electron chi connectivity index (χ2n) is 5.65. The monoisotopic (exact) mass is 279 g/mol. The standard InChI is InChI=1S/C16H25NO3/c1-4-12(2)14(13-8-6-5-7-9-13)15(19)17-10-16(3,20)11-18/h5-9,12,14,18,20H,4,10-11H2,1-3H3,(H,17,19). The van der Waals surface area contributed by atoms with Crippen LogP contribution in [-0.4, -0.2) is 34.9 Å². The van der Waals surface area contributed by atoms with Gasteiger partial charge in [0.25, 0.3) is 0 Å². The summed E-state index contributed by atoms with van der Waals surface area (Å²) in [6.45, 7) is 5.25. The lowest BCUT2D eigenvalue weighted by Gasteiger charge is -2.26. The van der Waals surface area contributed by atoms with Gasteiger partial charge >= 0.3 is 0 Å². The Morgan fingerprint density at radius 1 is 1.35 bits per heavy atom. The summed E-state index contributed by atoms with van der Waals surface area (Å²) >= 11 is 0. The van der Waals surface area contributed by atoms with E-state index >= 15 is 0 Å².